The van der Waals surface area contributed by atoms with Crippen molar-refractivity contribution in [1.82, 2.24) is 25.3 Å². The van der Waals surface area contributed by atoms with E-state index in [2.05, 4.69) is 39.4 Å². The Morgan fingerprint density at radius 2 is 1.55 bits per heavy atom. The molecular weight excluding hydrogens is 479 g/mol. The topological polar surface area (TPSA) is 63.2 Å². The molecular formula is C21H41IN6O. The summed E-state index contributed by atoms with van der Waals surface area (Å²) >= 11 is 0. The van der Waals surface area contributed by atoms with Crippen molar-refractivity contribution in [2.45, 2.75) is 57.4 Å². The van der Waals surface area contributed by atoms with E-state index in [4.69, 9.17) is 0 Å². The second-order valence-corrected chi connectivity index (χ2v) is 8.71. The smallest absolute Gasteiger partial charge is 0.244 e. The van der Waals surface area contributed by atoms with Gasteiger partial charge in [0.15, 0.2) is 5.96 Å². The lowest BCUT2D eigenvalue weighted by molar-refractivity contribution is -0.128. The first-order chi connectivity index (χ1) is 13.6. The molecule has 0 atom stereocenters. The largest absolute Gasteiger partial charge is 0.357 e. The number of nitrogens with one attached hydrogen (secondary N) is 2. The summed E-state index contributed by atoms with van der Waals surface area (Å²) in [6.07, 6.45) is 8.64. The number of amides is 1. The van der Waals surface area contributed by atoms with E-state index < -0.39 is 0 Å². The quantitative estimate of drug-likeness (QED) is 0.318. The van der Waals surface area contributed by atoms with Crippen molar-refractivity contribution < 1.29 is 4.79 Å². The van der Waals surface area contributed by atoms with Crippen LogP contribution in [0.2, 0.25) is 0 Å². The number of hydrogen-bond acceptors (Lipinski definition) is 4. The van der Waals surface area contributed by atoms with Crippen LogP contribution < -0.4 is 10.6 Å². The first kappa shape index (κ1) is 24.7. The van der Waals surface area contributed by atoms with Crippen LogP contribution in [0.3, 0.4) is 0 Å². The minimum absolute atomic E-state index is 0. The predicted octanol–water partition coefficient (Wildman–Crippen LogP) is 1.73. The van der Waals surface area contributed by atoms with Gasteiger partial charge in [0.25, 0.3) is 0 Å². The molecule has 0 bridgehead atoms. The molecule has 2 N–H and O–H groups in total. The molecule has 3 heterocycles. The molecule has 7 nitrogen and oxygen atoms in total. The molecule has 8 heteroatoms. The van der Waals surface area contributed by atoms with Crippen molar-refractivity contribution in [3.63, 3.8) is 0 Å². The van der Waals surface area contributed by atoms with E-state index in [9.17, 15) is 4.79 Å². The lowest BCUT2D eigenvalue weighted by Crippen LogP contribution is -2.62. The number of carbonyl (C=O) groups is 1. The number of rotatable bonds is 6. The molecule has 3 fully saturated rings. The highest BCUT2D eigenvalue weighted by Crippen LogP contribution is 2.30. The second-order valence-electron chi connectivity index (χ2n) is 8.71. The van der Waals surface area contributed by atoms with Gasteiger partial charge in [0, 0.05) is 31.7 Å². The van der Waals surface area contributed by atoms with E-state index in [1.165, 1.54) is 45.2 Å². The molecule has 168 valence electrons. The Kier molecular flexibility index (Phi) is 10.5. The van der Waals surface area contributed by atoms with Crippen LogP contribution in [0.25, 0.3) is 0 Å². The summed E-state index contributed by atoms with van der Waals surface area (Å²) in [7, 11) is 2.23. The maximum absolute atomic E-state index is 12.4. The average molecular weight is 521 g/mol. The van der Waals surface area contributed by atoms with E-state index in [1.54, 1.807) is 0 Å². The van der Waals surface area contributed by atoms with Gasteiger partial charge in [-0.3, -0.25) is 9.69 Å². The monoisotopic (exact) mass is 520 g/mol. The standard InChI is InChI=1S/C21H40N6O.HI/c1-3-22-20(23-17-19(28)26-11-7-8-12-26)24-18-21(9-15-25(2)16-10-21)27-13-5-4-6-14-27;/h3-18H2,1-2H3,(H2,22,23,24);1H. The first-order valence-electron chi connectivity index (χ1n) is 11.4. The Labute approximate surface area is 194 Å². The second kappa shape index (κ2) is 12.3. The van der Waals surface area contributed by atoms with Crippen LogP contribution in [0.15, 0.2) is 4.99 Å². The number of carbonyl (C=O) groups excluding carboxylic acids is 1. The van der Waals surface area contributed by atoms with Gasteiger partial charge in [0.2, 0.25) is 5.91 Å². The zero-order chi connectivity index (χ0) is 19.8. The van der Waals surface area contributed by atoms with Gasteiger partial charge in [-0.2, -0.15) is 0 Å². The van der Waals surface area contributed by atoms with Crippen molar-refractivity contribution in [3.05, 3.63) is 0 Å². The normalized spacial score (nSPS) is 23.5. The van der Waals surface area contributed by atoms with Gasteiger partial charge < -0.3 is 20.4 Å². The molecule has 0 saturated carbocycles. The van der Waals surface area contributed by atoms with E-state index >= 15 is 0 Å². The number of guanidine groups is 1. The lowest BCUT2D eigenvalue weighted by atomic mass is 9.84. The predicted molar refractivity (Wildman–Crippen MR) is 130 cm³/mol. The average Bonchev–Trinajstić information content (AvgIpc) is 3.27. The minimum Gasteiger partial charge on any atom is -0.357 e. The lowest BCUT2D eigenvalue weighted by Gasteiger charge is -2.50. The molecule has 29 heavy (non-hydrogen) atoms. The van der Waals surface area contributed by atoms with Crippen LogP contribution in [-0.2, 0) is 4.79 Å². The van der Waals surface area contributed by atoms with Gasteiger partial charge >= 0.3 is 0 Å². The van der Waals surface area contributed by atoms with Gasteiger partial charge in [-0.15, -0.1) is 24.0 Å². The van der Waals surface area contributed by atoms with E-state index in [-0.39, 0.29) is 42.0 Å². The fourth-order valence-corrected chi connectivity index (χ4v) is 4.81. The van der Waals surface area contributed by atoms with Crippen molar-refractivity contribution >= 4 is 35.8 Å². The summed E-state index contributed by atoms with van der Waals surface area (Å²) in [5, 5.41) is 6.93. The highest BCUT2D eigenvalue weighted by molar-refractivity contribution is 14.0. The SMILES string of the molecule is CCNC(=NCC(=O)N1CCCC1)NCC1(N2CCCCC2)CCN(C)CC1.I. The summed E-state index contributed by atoms with van der Waals surface area (Å²) in [6.45, 7) is 10.6. The van der Waals surface area contributed by atoms with Crippen LogP contribution in [0.1, 0.15) is 51.9 Å². The van der Waals surface area contributed by atoms with Crippen LogP contribution in [0, 0.1) is 0 Å². The summed E-state index contributed by atoms with van der Waals surface area (Å²) in [6, 6.07) is 0. The maximum Gasteiger partial charge on any atom is 0.244 e. The Hall–Kier alpha value is -0.610. The molecule has 0 unspecified atom stereocenters. The molecule has 0 spiro atoms. The Morgan fingerprint density at radius 1 is 0.931 bits per heavy atom. The minimum atomic E-state index is 0. The van der Waals surface area contributed by atoms with Crippen molar-refractivity contribution in [3.8, 4) is 0 Å². The molecule has 3 aliphatic rings. The number of piperidine rings is 2. The summed E-state index contributed by atoms with van der Waals surface area (Å²) in [4.78, 5) is 24.1. The number of nitrogens with zero attached hydrogens (tertiary/aromatic N) is 4. The summed E-state index contributed by atoms with van der Waals surface area (Å²) in [5.74, 6) is 0.935. The third kappa shape index (κ3) is 6.95. The van der Waals surface area contributed by atoms with Crippen LogP contribution in [-0.4, -0.2) is 98.1 Å². The molecule has 0 aromatic carbocycles. The van der Waals surface area contributed by atoms with Gasteiger partial charge in [-0.1, -0.05) is 6.42 Å². The van der Waals surface area contributed by atoms with Crippen LogP contribution in [0.5, 0.6) is 0 Å². The van der Waals surface area contributed by atoms with Crippen molar-refractivity contribution in [2.75, 3.05) is 66.0 Å². The molecule has 0 aliphatic carbocycles. The molecule has 3 rings (SSSR count). The van der Waals surface area contributed by atoms with E-state index in [0.29, 0.717) is 0 Å². The number of halogens is 1. The molecule has 0 aromatic heterocycles. The third-order valence-electron chi connectivity index (χ3n) is 6.70. The Morgan fingerprint density at radius 3 is 2.17 bits per heavy atom. The van der Waals surface area contributed by atoms with Gasteiger partial charge in [0.1, 0.15) is 6.54 Å². The summed E-state index contributed by atoms with van der Waals surface area (Å²) in [5.41, 5.74) is 0.210. The van der Waals surface area contributed by atoms with Gasteiger partial charge in [-0.05, 0) is 78.7 Å². The Balaban J connectivity index is 0.00000300. The zero-order valence-corrected chi connectivity index (χ0v) is 20.7. The number of likely N-dealkylation sites (tertiary alicyclic amines) is 3. The molecule has 3 saturated heterocycles. The first-order valence-corrected chi connectivity index (χ1v) is 11.4. The fraction of sp³-hybridized carbons (Fsp3) is 0.905. The van der Waals surface area contributed by atoms with Crippen LogP contribution >= 0.6 is 24.0 Å². The molecule has 0 radical (unpaired) electrons. The number of aliphatic imine (C=N–C) groups is 1. The highest BCUT2D eigenvalue weighted by atomic mass is 127. The maximum atomic E-state index is 12.4. The summed E-state index contributed by atoms with van der Waals surface area (Å²) < 4.78 is 0. The van der Waals surface area contributed by atoms with Gasteiger partial charge in [0.05, 0.1) is 0 Å². The molecule has 0 aromatic rings. The van der Waals surface area contributed by atoms with Gasteiger partial charge in [-0.25, -0.2) is 4.99 Å². The van der Waals surface area contributed by atoms with E-state index in [1.807, 2.05) is 4.90 Å². The highest BCUT2D eigenvalue weighted by Gasteiger charge is 2.39. The fourth-order valence-electron chi connectivity index (χ4n) is 4.81. The molecule has 3 aliphatic heterocycles. The Bertz CT molecular complexity index is 523. The molecule has 1 amide bonds. The zero-order valence-electron chi connectivity index (χ0n) is 18.4. The number of hydrogen-bond donors (Lipinski definition) is 2. The van der Waals surface area contributed by atoms with Crippen LogP contribution in [0.4, 0.5) is 0 Å². The van der Waals surface area contributed by atoms with Crippen molar-refractivity contribution in [2.24, 2.45) is 4.99 Å². The van der Waals surface area contributed by atoms with Crippen molar-refractivity contribution in [1.29, 1.82) is 0 Å². The van der Waals surface area contributed by atoms with E-state index in [0.717, 1.165) is 58.1 Å². The third-order valence-corrected chi connectivity index (χ3v) is 6.70.